The van der Waals surface area contributed by atoms with Gasteiger partial charge in [0, 0.05) is 6.42 Å². The molecule has 0 spiro atoms. The molecule has 2 heteroatoms. The number of hydrogen-bond donors (Lipinski definition) is 0. The molecule has 1 aromatic rings. The van der Waals surface area contributed by atoms with E-state index in [0.29, 0.717) is 6.42 Å². The van der Waals surface area contributed by atoms with Crippen LogP contribution in [0.3, 0.4) is 0 Å². The number of hydrogen-bond acceptors (Lipinski definition) is 2. The van der Waals surface area contributed by atoms with Gasteiger partial charge < -0.3 is 4.74 Å². The van der Waals surface area contributed by atoms with Crippen LogP contribution < -0.4 is 0 Å². The quantitative estimate of drug-likeness (QED) is 0.734. The van der Waals surface area contributed by atoms with E-state index in [1.807, 2.05) is 24.3 Å². The van der Waals surface area contributed by atoms with Crippen molar-refractivity contribution in [2.75, 3.05) is 0 Å². The van der Waals surface area contributed by atoms with Crippen LogP contribution in [0.2, 0.25) is 0 Å². The Hall–Kier alpha value is -1.83. The van der Waals surface area contributed by atoms with Gasteiger partial charge in [-0.1, -0.05) is 30.3 Å². The Bertz CT molecular complexity index is 497. The smallest absolute Gasteiger partial charge is 0.159 e. The number of benzene rings is 1. The van der Waals surface area contributed by atoms with E-state index in [1.54, 1.807) is 6.08 Å². The lowest BCUT2D eigenvalue weighted by molar-refractivity contribution is -0.114. The summed E-state index contributed by atoms with van der Waals surface area (Å²) in [6.07, 6.45) is 6.03. The topological polar surface area (TPSA) is 26.3 Å². The lowest BCUT2D eigenvalue weighted by atomic mass is 9.92. The highest BCUT2D eigenvalue weighted by molar-refractivity contribution is 5.93. The summed E-state index contributed by atoms with van der Waals surface area (Å²) in [7, 11) is 0. The summed E-state index contributed by atoms with van der Waals surface area (Å²) in [5, 5.41) is 0. The summed E-state index contributed by atoms with van der Waals surface area (Å²) in [5.74, 6) is 1.09. The van der Waals surface area contributed by atoms with Crippen molar-refractivity contribution in [3.8, 4) is 0 Å². The van der Waals surface area contributed by atoms with Crippen LogP contribution >= 0.6 is 0 Å². The fourth-order valence-electron chi connectivity index (χ4n) is 2.40. The van der Waals surface area contributed by atoms with Gasteiger partial charge >= 0.3 is 0 Å². The Labute approximate surface area is 101 Å². The van der Waals surface area contributed by atoms with Crippen LogP contribution in [0.4, 0.5) is 0 Å². The maximum Gasteiger partial charge on any atom is 0.159 e. The van der Waals surface area contributed by atoms with E-state index in [9.17, 15) is 4.79 Å². The standard InChI is InChI=1S/C15H14O2/c16-13-7-9-15-12(10-13)6-8-14(17-15)11-4-2-1-3-5-11/h1-5,7,9,14H,6,8,10H2. The predicted molar refractivity (Wildman–Crippen MR) is 65.3 cm³/mol. The molecule has 1 atom stereocenters. The van der Waals surface area contributed by atoms with Gasteiger partial charge in [-0.3, -0.25) is 4.79 Å². The molecule has 0 saturated carbocycles. The molecule has 0 N–H and O–H groups in total. The second-order valence-electron chi connectivity index (χ2n) is 4.50. The first kappa shape index (κ1) is 10.3. The average molecular weight is 226 g/mol. The van der Waals surface area contributed by atoms with E-state index >= 15 is 0 Å². The van der Waals surface area contributed by atoms with Crippen LogP contribution in [-0.2, 0) is 9.53 Å². The first-order valence-corrected chi connectivity index (χ1v) is 5.97. The molecule has 2 nitrogen and oxygen atoms in total. The Morgan fingerprint density at radius 2 is 1.94 bits per heavy atom. The lowest BCUT2D eigenvalue weighted by Gasteiger charge is -2.28. The van der Waals surface area contributed by atoms with Crippen molar-refractivity contribution in [3.05, 3.63) is 59.4 Å². The molecule has 17 heavy (non-hydrogen) atoms. The summed E-state index contributed by atoms with van der Waals surface area (Å²) in [4.78, 5) is 11.3. The van der Waals surface area contributed by atoms with Crippen molar-refractivity contribution < 1.29 is 9.53 Å². The number of allylic oxidation sites excluding steroid dienone is 3. The molecule has 1 aliphatic carbocycles. The molecule has 1 aliphatic heterocycles. The zero-order chi connectivity index (χ0) is 11.7. The number of carbonyl (C=O) groups excluding carboxylic acids is 1. The maximum atomic E-state index is 11.3. The van der Waals surface area contributed by atoms with Crippen molar-refractivity contribution in [1.29, 1.82) is 0 Å². The van der Waals surface area contributed by atoms with Gasteiger partial charge in [-0.2, -0.15) is 0 Å². The molecule has 0 fully saturated rings. The molecule has 1 heterocycles. The fraction of sp³-hybridized carbons (Fsp3) is 0.267. The Morgan fingerprint density at radius 1 is 1.12 bits per heavy atom. The number of ketones is 1. The summed E-state index contributed by atoms with van der Waals surface area (Å²) in [6, 6.07) is 10.3. The second kappa shape index (κ2) is 4.21. The molecule has 1 unspecified atom stereocenters. The van der Waals surface area contributed by atoms with Crippen molar-refractivity contribution in [3.63, 3.8) is 0 Å². The zero-order valence-electron chi connectivity index (χ0n) is 9.56. The number of ether oxygens (including phenoxy) is 1. The highest BCUT2D eigenvalue weighted by atomic mass is 16.5. The third-order valence-corrected chi connectivity index (χ3v) is 3.31. The van der Waals surface area contributed by atoms with Gasteiger partial charge in [0.25, 0.3) is 0 Å². The van der Waals surface area contributed by atoms with Crippen LogP contribution in [0, 0.1) is 0 Å². The highest BCUT2D eigenvalue weighted by Gasteiger charge is 2.25. The lowest BCUT2D eigenvalue weighted by Crippen LogP contribution is -2.15. The van der Waals surface area contributed by atoms with Gasteiger partial charge in [0.1, 0.15) is 11.9 Å². The van der Waals surface area contributed by atoms with Gasteiger partial charge in [-0.05, 0) is 36.1 Å². The molecule has 0 bridgehead atoms. The minimum absolute atomic E-state index is 0.132. The van der Waals surface area contributed by atoms with Crippen LogP contribution in [0.15, 0.2) is 53.8 Å². The van der Waals surface area contributed by atoms with Crippen molar-refractivity contribution in [2.24, 2.45) is 0 Å². The Balaban J connectivity index is 1.83. The summed E-state index contributed by atoms with van der Waals surface area (Å²) in [6.45, 7) is 0. The SMILES string of the molecule is O=C1C=CC2=C(CCC(c3ccccc3)O2)C1. The second-order valence-corrected chi connectivity index (χ2v) is 4.50. The first-order chi connectivity index (χ1) is 8.33. The summed E-state index contributed by atoms with van der Waals surface area (Å²) < 4.78 is 5.97. The van der Waals surface area contributed by atoms with Gasteiger partial charge in [-0.25, -0.2) is 0 Å². The van der Waals surface area contributed by atoms with Crippen molar-refractivity contribution >= 4 is 5.78 Å². The molecule has 0 amide bonds. The van der Waals surface area contributed by atoms with E-state index in [1.165, 1.54) is 5.56 Å². The van der Waals surface area contributed by atoms with E-state index < -0.39 is 0 Å². The van der Waals surface area contributed by atoms with Gasteiger partial charge in [0.05, 0.1) is 0 Å². The van der Waals surface area contributed by atoms with E-state index in [-0.39, 0.29) is 11.9 Å². The third kappa shape index (κ3) is 2.03. The molecule has 0 aromatic heterocycles. The Morgan fingerprint density at radius 3 is 2.76 bits per heavy atom. The zero-order valence-corrected chi connectivity index (χ0v) is 9.56. The fourth-order valence-corrected chi connectivity index (χ4v) is 2.40. The van der Waals surface area contributed by atoms with Gasteiger partial charge in [0.15, 0.2) is 5.78 Å². The van der Waals surface area contributed by atoms with Crippen LogP contribution in [-0.4, -0.2) is 5.78 Å². The van der Waals surface area contributed by atoms with Gasteiger partial charge in [0.2, 0.25) is 0 Å². The van der Waals surface area contributed by atoms with E-state index in [0.717, 1.165) is 24.2 Å². The minimum Gasteiger partial charge on any atom is -0.486 e. The van der Waals surface area contributed by atoms with Gasteiger partial charge in [-0.15, -0.1) is 0 Å². The van der Waals surface area contributed by atoms with Crippen LogP contribution in [0.25, 0.3) is 0 Å². The maximum absolute atomic E-state index is 11.3. The summed E-state index contributed by atoms with van der Waals surface area (Å²) in [5.41, 5.74) is 2.37. The molecular formula is C15H14O2. The first-order valence-electron chi connectivity index (χ1n) is 5.97. The molecular weight excluding hydrogens is 212 g/mol. The predicted octanol–water partition coefficient (Wildman–Crippen LogP) is 3.32. The van der Waals surface area contributed by atoms with Crippen LogP contribution in [0.5, 0.6) is 0 Å². The molecule has 86 valence electrons. The Kier molecular flexibility index (Phi) is 2.56. The third-order valence-electron chi connectivity index (χ3n) is 3.31. The molecule has 2 aliphatic rings. The van der Waals surface area contributed by atoms with Crippen molar-refractivity contribution in [2.45, 2.75) is 25.4 Å². The minimum atomic E-state index is 0.132. The number of carbonyl (C=O) groups is 1. The normalized spacial score (nSPS) is 23.3. The number of rotatable bonds is 1. The molecule has 0 radical (unpaired) electrons. The van der Waals surface area contributed by atoms with E-state index in [4.69, 9.17) is 4.74 Å². The largest absolute Gasteiger partial charge is 0.486 e. The monoisotopic (exact) mass is 226 g/mol. The average Bonchev–Trinajstić information content (AvgIpc) is 2.39. The molecule has 0 saturated heterocycles. The molecule has 1 aromatic carbocycles. The summed E-state index contributed by atoms with van der Waals surface area (Å²) >= 11 is 0. The highest BCUT2D eigenvalue weighted by Crippen LogP contribution is 2.36. The molecule has 3 rings (SSSR count). The van der Waals surface area contributed by atoms with Crippen molar-refractivity contribution in [1.82, 2.24) is 0 Å². The van der Waals surface area contributed by atoms with E-state index in [2.05, 4.69) is 12.1 Å². The van der Waals surface area contributed by atoms with Crippen LogP contribution in [0.1, 0.15) is 30.9 Å².